The summed E-state index contributed by atoms with van der Waals surface area (Å²) in [4.78, 5) is 13.9. The van der Waals surface area contributed by atoms with Crippen molar-refractivity contribution in [3.05, 3.63) is 30.1 Å². The molecule has 28 heavy (non-hydrogen) atoms. The van der Waals surface area contributed by atoms with Crippen LogP contribution < -0.4 is 10.2 Å². The van der Waals surface area contributed by atoms with E-state index in [9.17, 15) is 0 Å². The van der Waals surface area contributed by atoms with Gasteiger partial charge in [0.2, 0.25) is 5.13 Å². The van der Waals surface area contributed by atoms with Gasteiger partial charge >= 0.3 is 0 Å². The Bertz CT molecular complexity index is 792. The minimum Gasteiger partial charge on any atom is -0.353 e. The number of anilines is 1. The minimum absolute atomic E-state index is 0. The molecule has 1 saturated heterocycles. The monoisotopic (exact) mass is 517 g/mol. The highest BCUT2D eigenvalue weighted by Gasteiger charge is 2.22. The van der Waals surface area contributed by atoms with Gasteiger partial charge in [-0.2, -0.15) is 4.37 Å². The van der Waals surface area contributed by atoms with E-state index in [1.54, 1.807) is 0 Å². The number of halogens is 1. The van der Waals surface area contributed by atoms with Gasteiger partial charge in [-0.25, -0.2) is 9.98 Å². The Labute approximate surface area is 187 Å². The van der Waals surface area contributed by atoms with Crippen LogP contribution in [-0.2, 0) is 20.0 Å². The first kappa shape index (κ1) is 22.5. The highest BCUT2D eigenvalue weighted by atomic mass is 127. The fourth-order valence-electron chi connectivity index (χ4n) is 2.79. The molecule has 1 aliphatic rings. The molecule has 0 bridgehead atoms. The van der Waals surface area contributed by atoms with Crippen LogP contribution in [0.25, 0.3) is 0 Å². The summed E-state index contributed by atoms with van der Waals surface area (Å²) in [6.45, 7) is 12.5. The predicted molar refractivity (Wildman–Crippen MR) is 124 cm³/mol. The van der Waals surface area contributed by atoms with E-state index in [-0.39, 0.29) is 24.0 Å². The Balaban J connectivity index is 0.00000280. The third-order valence-corrected chi connectivity index (χ3v) is 5.40. The molecule has 3 rings (SSSR count). The lowest BCUT2D eigenvalue weighted by Crippen LogP contribution is -2.52. The van der Waals surface area contributed by atoms with E-state index in [1.165, 1.54) is 11.5 Å². The maximum absolute atomic E-state index is 4.76. The van der Waals surface area contributed by atoms with Crippen LogP contribution in [0.4, 0.5) is 5.13 Å². The standard InChI is InChI=1S/C17H27N9S.HI/c1-5-7-18-16(19-12-15-22-21-13(3)24(15)4)25-8-10-26(11-9-25)17-20-14(6-2)23-27-17;/h5H,1,6-12H2,2-4H3,(H,18,19);1H. The van der Waals surface area contributed by atoms with Crippen molar-refractivity contribution in [2.75, 3.05) is 37.6 Å². The molecule has 9 nitrogen and oxygen atoms in total. The molecule has 2 aromatic rings. The Kier molecular flexibility index (Phi) is 8.60. The van der Waals surface area contributed by atoms with Gasteiger partial charge in [-0.1, -0.05) is 13.0 Å². The lowest BCUT2D eigenvalue weighted by molar-refractivity contribution is 0.372. The second-order valence-electron chi connectivity index (χ2n) is 6.35. The fraction of sp³-hybridized carbons (Fsp3) is 0.588. The topological polar surface area (TPSA) is 87.4 Å². The van der Waals surface area contributed by atoms with Gasteiger partial charge < -0.3 is 19.7 Å². The lowest BCUT2D eigenvalue weighted by Gasteiger charge is -2.36. The van der Waals surface area contributed by atoms with Crippen LogP contribution in [-0.4, -0.2) is 67.7 Å². The van der Waals surface area contributed by atoms with Crippen LogP contribution in [0.2, 0.25) is 0 Å². The number of aliphatic imine (C=N–C) groups is 1. The number of nitrogens with zero attached hydrogens (tertiary/aromatic N) is 8. The van der Waals surface area contributed by atoms with Gasteiger partial charge in [-0.3, -0.25) is 0 Å². The first-order valence-corrected chi connectivity index (χ1v) is 9.96. The summed E-state index contributed by atoms with van der Waals surface area (Å²) in [7, 11) is 1.96. The van der Waals surface area contributed by atoms with Crippen LogP contribution in [0.5, 0.6) is 0 Å². The first-order valence-electron chi connectivity index (χ1n) is 9.19. The van der Waals surface area contributed by atoms with E-state index in [0.717, 1.165) is 61.2 Å². The minimum atomic E-state index is 0. The number of guanidine groups is 1. The fourth-order valence-corrected chi connectivity index (χ4v) is 3.59. The number of rotatable bonds is 6. The number of hydrogen-bond acceptors (Lipinski definition) is 7. The summed E-state index contributed by atoms with van der Waals surface area (Å²) in [6, 6.07) is 0. The SMILES string of the molecule is C=CCNC(=NCc1nnc(C)n1C)N1CCN(c2nc(CC)ns2)CC1.I. The first-order chi connectivity index (χ1) is 13.1. The van der Waals surface area contributed by atoms with Crippen LogP contribution in [0.1, 0.15) is 24.4 Å². The largest absolute Gasteiger partial charge is 0.353 e. The molecule has 0 aliphatic carbocycles. The van der Waals surface area contributed by atoms with Crippen LogP contribution in [0, 0.1) is 6.92 Å². The van der Waals surface area contributed by atoms with Crippen molar-refractivity contribution in [2.45, 2.75) is 26.8 Å². The van der Waals surface area contributed by atoms with Crippen molar-refractivity contribution in [1.82, 2.24) is 34.3 Å². The van der Waals surface area contributed by atoms with Crippen molar-refractivity contribution in [3.63, 3.8) is 0 Å². The molecule has 1 N–H and O–H groups in total. The smallest absolute Gasteiger partial charge is 0.205 e. The molecule has 2 aromatic heterocycles. The summed E-state index contributed by atoms with van der Waals surface area (Å²) >= 11 is 1.48. The molecule has 0 aromatic carbocycles. The third-order valence-electron chi connectivity index (χ3n) is 4.58. The summed E-state index contributed by atoms with van der Waals surface area (Å²) < 4.78 is 6.36. The Morgan fingerprint density at radius 3 is 2.61 bits per heavy atom. The van der Waals surface area contributed by atoms with Crippen LogP contribution in [0.3, 0.4) is 0 Å². The molecule has 154 valence electrons. The van der Waals surface area contributed by atoms with Gasteiger partial charge in [0.25, 0.3) is 0 Å². The van der Waals surface area contributed by atoms with E-state index in [1.807, 2.05) is 24.6 Å². The summed E-state index contributed by atoms with van der Waals surface area (Å²) in [5.74, 6) is 3.54. The number of hydrogen-bond donors (Lipinski definition) is 1. The molecule has 11 heteroatoms. The van der Waals surface area contributed by atoms with E-state index < -0.39 is 0 Å². The normalized spacial score (nSPS) is 14.8. The zero-order valence-electron chi connectivity index (χ0n) is 16.6. The third kappa shape index (κ3) is 5.40. The van der Waals surface area contributed by atoms with Gasteiger partial charge in [-0.15, -0.1) is 40.8 Å². The lowest BCUT2D eigenvalue weighted by atomic mass is 10.3. The van der Waals surface area contributed by atoms with Gasteiger partial charge in [0, 0.05) is 57.7 Å². The van der Waals surface area contributed by atoms with E-state index in [4.69, 9.17) is 4.99 Å². The molecule has 0 saturated carbocycles. The summed E-state index contributed by atoms with van der Waals surface area (Å²) in [5.41, 5.74) is 0. The molecule has 1 aliphatic heterocycles. The maximum atomic E-state index is 4.76. The molecule has 0 unspecified atom stereocenters. The quantitative estimate of drug-likeness (QED) is 0.270. The second-order valence-corrected chi connectivity index (χ2v) is 7.08. The van der Waals surface area contributed by atoms with Crippen molar-refractivity contribution in [3.8, 4) is 0 Å². The molecule has 0 amide bonds. The van der Waals surface area contributed by atoms with Crippen LogP contribution >= 0.6 is 35.5 Å². The number of nitrogens with one attached hydrogen (secondary N) is 1. The van der Waals surface area contributed by atoms with Crippen molar-refractivity contribution in [1.29, 1.82) is 0 Å². The average molecular weight is 517 g/mol. The zero-order chi connectivity index (χ0) is 19.2. The summed E-state index contributed by atoms with van der Waals surface area (Å²) in [5, 5.41) is 12.7. The van der Waals surface area contributed by atoms with Gasteiger partial charge in [0.1, 0.15) is 18.2 Å². The number of aromatic nitrogens is 5. The van der Waals surface area contributed by atoms with Crippen molar-refractivity contribution in [2.24, 2.45) is 12.0 Å². The Morgan fingerprint density at radius 2 is 2.04 bits per heavy atom. The molecule has 0 spiro atoms. The molecular formula is C17H28IN9S. The average Bonchev–Trinajstić information content (AvgIpc) is 3.30. The molecule has 0 radical (unpaired) electrons. The molecular weight excluding hydrogens is 489 g/mol. The van der Waals surface area contributed by atoms with E-state index >= 15 is 0 Å². The number of piperazine rings is 1. The predicted octanol–water partition coefficient (Wildman–Crippen LogP) is 1.61. The van der Waals surface area contributed by atoms with Gasteiger partial charge in [0.05, 0.1) is 0 Å². The van der Waals surface area contributed by atoms with E-state index in [2.05, 4.69) is 48.2 Å². The maximum Gasteiger partial charge on any atom is 0.205 e. The van der Waals surface area contributed by atoms with Gasteiger partial charge in [0.15, 0.2) is 11.8 Å². The molecule has 1 fully saturated rings. The Hall–Kier alpha value is -1.76. The van der Waals surface area contributed by atoms with Crippen molar-refractivity contribution < 1.29 is 0 Å². The second kappa shape index (κ2) is 10.7. The van der Waals surface area contributed by atoms with Crippen LogP contribution in [0.15, 0.2) is 17.6 Å². The summed E-state index contributed by atoms with van der Waals surface area (Å²) in [6.07, 6.45) is 2.71. The Morgan fingerprint density at radius 1 is 1.29 bits per heavy atom. The van der Waals surface area contributed by atoms with Crippen molar-refractivity contribution >= 4 is 46.6 Å². The highest BCUT2D eigenvalue weighted by Crippen LogP contribution is 2.19. The highest BCUT2D eigenvalue weighted by molar-refractivity contribution is 14.0. The number of aryl methyl sites for hydroxylation is 2. The van der Waals surface area contributed by atoms with E-state index in [0.29, 0.717) is 13.1 Å². The zero-order valence-corrected chi connectivity index (χ0v) is 19.8. The molecule has 0 atom stereocenters. The van der Waals surface area contributed by atoms with Gasteiger partial charge in [-0.05, 0) is 6.92 Å². The molecule has 3 heterocycles.